The smallest absolute Gasteiger partial charge is 0.0192 e. The van der Waals surface area contributed by atoms with Crippen molar-refractivity contribution in [1.82, 2.24) is 10.6 Å². The van der Waals surface area contributed by atoms with Gasteiger partial charge in [-0.1, -0.05) is 52.3 Å². The van der Waals surface area contributed by atoms with Crippen molar-refractivity contribution in [2.75, 3.05) is 19.6 Å². The summed E-state index contributed by atoms with van der Waals surface area (Å²) in [6, 6.07) is 8.13. The zero-order valence-corrected chi connectivity index (χ0v) is 18.0. The fourth-order valence-electron chi connectivity index (χ4n) is 6.68. The van der Waals surface area contributed by atoms with Gasteiger partial charge in [0.15, 0.2) is 0 Å². The number of benzene rings is 1. The van der Waals surface area contributed by atoms with Gasteiger partial charge in [0.2, 0.25) is 0 Å². The molecule has 0 aromatic heterocycles. The Balaban J connectivity index is 1.52. The van der Waals surface area contributed by atoms with Gasteiger partial charge in [0.25, 0.3) is 0 Å². The first-order chi connectivity index (χ1) is 12.9. The molecule has 27 heavy (non-hydrogen) atoms. The second kappa shape index (κ2) is 7.52. The molecule has 1 aliphatic heterocycles. The molecule has 1 saturated carbocycles. The van der Waals surface area contributed by atoms with E-state index in [2.05, 4.69) is 56.5 Å². The molecular formula is C25H40N2. The minimum absolute atomic E-state index is 0.364. The van der Waals surface area contributed by atoms with Crippen molar-refractivity contribution in [1.29, 1.82) is 0 Å². The summed E-state index contributed by atoms with van der Waals surface area (Å²) < 4.78 is 0. The molecule has 1 aromatic rings. The van der Waals surface area contributed by atoms with Gasteiger partial charge in [-0.3, -0.25) is 0 Å². The topological polar surface area (TPSA) is 24.1 Å². The minimum atomic E-state index is 0.364. The number of aryl methyl sites for hydroxylation is 1. The van der Waals surface area contributed by atoms with Crippen molar-refractivity contribution in [3.8, 4) is 0 Å². The Morgan fingerprint density at radius 1 is 1.15 bits per heavy atom. The molecule has 1 saturated heterocycles. The molecular weight excluding hydrogens is 328 g/mol. The van der Waals surface area contributed by atoms with Crippen molar-refractivity contribution in [3.63, 3.8) is 0 Å². The Hall–Kier alpha value is -0.860. The number of rotatable bonds is 5. The van der Waals surface area contributed by atoms with Gasteiger partial charge in [0, 0.05) is 19.1 Å². The largest absolute Gasteiger partial charge is 0.315 e. The van der Waals surface area contributed by atoms with Gasteiger partial charge in [-0.15, -0.1) is 0 Å². The highest BCUT2D eigenvalue weighted by molar-refractivity contribution is 5.42. The fourth-order valence-corrected chi connectivity index (χ4v) is 6.68. The maximum Gasteiger partial charge on any atom is 0.0192 e. The predicted octanol–water partition coefficient (Wildman–Crippen LogP) is 5.16. The average molecular weight is 369 g/mol. The lowest BCUT2D eigenvalue weighted by molar-refractivity contribution is 0.0257. The van der Waals surface area contributed by atoms with Crippen molar-refractivity contribution < 1.29 is 0 Å². The van der Waals surface area contributed by atoms with Crippen LogP contribution >= 0.6 is 0 Å². The second-order valence-corrected chi connectivity index (χ2v) is 10.5. The Morgan fingerprint density at radius 2 is 2.00 bits per heavy atom. The van der Waals surface area contributed by atoms with Crippen LogP contribution in [0.4, 0.5) is 0 Å². The molecule has 1 heterocycles. The van der Waals surface area contributed by atoms with E-state index in [4.69, 9.17) is 0 Å². The van der Waals surface area contributed by atoms with Crippen LogP contribution in [0.15, 0.2) is 18.2 Å². The van der Waals surface area contributed by atoms with E-state index in [0.29, 0.717) is 22.8 Å². The van der Waals surface area contributed by atoms with Crippen LogP contribution < -0.4 is 10.6 Å². The van der Waals surface area contributed by atoms with Crippen molar-refractivity contribution in [3.05, 3.63) is 34.9 Å². The van der Waals surface area contributed by atoms with Crippen LogP contribution in [-0.2, 0) is 11.8 Å². The molecule has 2 heteroatoms. The summed E-state index contributed by atoms with van der Waals surface area (Å²) in [5, 5.41) is 7.51. The van der Waals surface area contributed by atoms with E-state index in [1.54, 1.807) is 11.1 Å². The van der Waals surface area contributed by atoms with Crippen LogP contribution in [0.2, 0.25) is 0 Å². The van der Waals surface area contributed by atoms with Gasteiger partial charge in [-0.05, 0) is 84.4 Å². The molecule has 0 amide bonds. The van der Waals surface area contributed by atoms with Crippen LogP contribution in [0.25, 0.3) is 0 Å². The highest BCUT2D eigenvalue weighted by Gasteiger charge is 2.51. The lowest BCUT2D eigenvalue weighted by Crippen LogP contribution is -2.53. The molecule has 0 radical (unpaired) electrons. The third-order valence-corrected chi connectivity index (χ3v) is 8.25. The van der Waals surface area contributed by atoms with E-state index in [-0.39, 0.29) is 0 Å². The van der Waals surface area contributed by atoms with Gasteiger partial charge in [0.1, 0.15) is 0 Å². The molecule has 0 spiro atoms. The van der Waals surface area contributed by atoms with Gasteiger partial charge in [0.05, 0.1) is 0 Å². The normalized spacial score (nSPS) is 35.9. The predicted molar refractivity (Wildman–Crippen MR) is 116 cm³/mol. The lowest BCUT2D eigenvalue weighted by Gasteiger charge is -2.56. The van der Waals surface area contributed by atoms with E-state index < -0.39 is 0 Å². The number of nitrogens with one attached hydrogen (secondary N) is 2. The van der Waals surface area contributed by atoms with Crippen molar-refractivity contribution >= 4 is 0 Å². The molecule has 1 aromatic carbocycles. The first-order valence-electron chi connectivity index (χ1n) is 11.5. The average Bonchev–Trinajstić information content (AvgIpc) is 3.14. The van der Waals surface area contributed by atoms with Gasteiger partial charge in [-0.25, -0.2) is 0 Å². The molecule has 2 unspecified atom stereocenters. The number of fused-ring (bicyclic) bond motifs is 3. The fraction of sp³-hybridized carbons (Fsp3) is 0.760. The van der Waals surface area contributed by atoms with E-state index in [9.17, 15) is 0 Å². The summed E-state index contributed by atoms with van der Waals surface area (Å²) in [5.74, 6) is 1.44. The minimum Gasteiger partial charge on any atom is -0.315 e. The Kier molecular flexibility index (Phi) is 5.42. The first-order valence-corrected chi connectivity index (χ1v) is 11.5. The Bertz CT molecular complexity index is 660. The summed E-state index contributed by atoms with van der Waals surface area (Å²) in [6.45, 7) is 13.3. The first kappa shape index (κ1) is 19.5. The quantitative estimate of drug-likeness (QED) is 0.750. The molecule has 4 atom stereocenters. The molecule has 150 valence electrons. The molecule has 2 N–H and O–H groups in total. The summed E-state index contributed by atoms with van der Waals surface area (Å²) >= 11 is 0. The third kappa shape index (κ3) is 3.60. The third-order valence-electron chi connectivity index (χ3n) is 8.25. The summed E-state index contributed by atoms with van der Waals surface area (Å²) in [6.07, 6.45) is 9.46. The lowest BCUT2D eigenvalue weighted by atomic mass is 9.49. The van der Waals surface area contributed by atoms with Crippen LogP contribution in [0.1, 0.15) is 88.8 Å². The van der Waals surface area contributed by atoms with Crippen molar-refractivity contribution in [2.45, 2.75) is 90.0 Å². The molecule has 2 fully saturated rings. The number of hydrogen-bond acceptors (Lipinski definition) is 2. The zero-order chi connectivity index (χ0) is 19.1. The SMILES string of the molecule is CC(C)c1ccc2c(c1)CCC1[C@](C)(CNCC3CCCN3)CCC[C@]21C. The summed E-state index contributed by atoms with van der Waals surface area (Å²) in [7, 11) is 0. The maximum absolute atomic E-state index is 3.87. The van der Waals surface area contributed by atoms with Crippen LogP contribution in [0.5, 0.6) is 0 Å². The highest BCUT2D eigenvalue weighted by Crippen LogP contribution is 2.57. The van der Waals surface area contributed by atoms with Crippen LogP contribution in [-0.4, -0.2) is 25.7 Å². The Morgan fingerprint density at radius 3 is 2.74 bits per heavy atom. The van der Waals surface area contributed by atoms with Crippen LogP contribution in [0.3, 0.4) is 0 Å². The maximum atomic E-state index is 3.87. The monoisotopic (exact) mass is 368 g/mol. The van der Waals surface area contributed by atoms with E-state index >= 15 is 0 Å². The molecule has 3 aliphatic rings. The number of hydrogen-bond donors (Lipinski definition) is 2. The van der Waals surface area contributed by atoms with Crippen molar-refractivity contribution in [2.24, 2.45) is 11.3 Å². The molecule has 4 rings (SSSR count). The molecule has 0 bridgehead atoms. The second-order valence-electron chi connectivity index (χ2n) is 10.5. The molecule has 2 nitrogen and oxygen atoms in total. The summed E-state index contributed by atoms with van der Waals surface area (Å²) in [5.41, 5.74) is 5.63. The van der Waals surface area contributed by atoms with E-state index in [1.807, 2.05) is 0 Å². The van der Waals surface area contributed by atoms with Gasteiger partial charge < -0.3 is 10.6 Å². The van der Waals surface area contributed by atoms with E-state index in [1.165, 1.54) is 63.6 Å². The standard InChI is InChI=1S/C25H40N2/c1-18(2)19-8-10-22-20(15-19)9-11-23-24(3,12-6-13-25(22,23)4)17-26-16-21-7-5-14-27-21/h8,10,15,18,21,23,26-27H,5-7,9,11-14,16-17H2,1-4H3/t21?,23?,24-,25+/m0/s1. The molecule has 2 aliphatic carbocycles. The Labute approximate surface area is 166 Å². The highest BCUT2D eigenvalue weighted by atomic mass is 15.0. The van der Waals surface area contributed by atoms with Gasteiger partial charge in [-0.2, -0.15) is 0 Å². The summed E-state index contributed by atoms with van der Waals surface area (Å²) in [4.78, 5) is 0. The zero-order valence-electron chi connectivity index (χ0n) is 18.0. The van der Waals surface area contributed by atoms with Gasteiger partial charge >= 0.3 is 0 Å². The van der Waals surface area contributed by atoms with Crippen LogP contribution in [0, 0.1) is 11.3 Å². The van der Waals surface area contributed by atoms with E-state index in [0.717, 1.165) is 12.5 Å².